The summed E-state index contributed by atoms with van der Waals surface area (Å²) in [7, 11) is 1.91. The van der Waals surface area contributed by atoms with Crippen LogP contribution in [0.5, 0.6) is 0 Å². The molecule has 0 aliphatic rings. The zero-order chi connectivity index (χ0) is 13.2. The van der Waals surface area contributed by atoms with Gasteiger partial charge in [-0.15, -0.1) is 0 Å². The highest BCUT2D eigenvalue weighted by molar-refractivity contribution is 5.54. The number of nitrogens with zero attached hydrogens (tertiary/aromatic N) is 3. The van der Waals surface area contributed by atoms with Crippen LogP contribution >= 0.6 is 0 Å². The quantitative estimate of drug-likeness (QED) is 0.897. The Labute approximate surface area is 108 Å². The highest BCUT2D eigenvalue weighted by atomic mass is 15.0. The Bertz CT molecular complexity index is 535. The Morgan fingerprint density at radius 2 is 1.89 bits per heavy atom. The third-order valence-corrected chi connectivity index (χ3v) is 2.97. The van der Waals surface area contributed by atoms with E-state index < -0.39 is 0 Å². The first-order valence-corrected chi connectivity index (χ1v) is 5.99. The molecule has 2 aromatic heterocycles. The van der Waals surface area contributed by atoms with Gasteiger partial charge in [0, 0.05) is 11.9 Å². The Morgan fingerprint density at radius 3 is 2.50 bits per heavy atom. The summed E-state index contributed by atoms with van der Waals surface area (Å²) in [6.45, 7) is 6.09. The number of nitrogens with one attached hydrogen (secondary N) is 1. The minimum atomic E-state index is -0.254. The molecule has 4 nitrogen and oxygen atoms in total. The molecule has 0 aromatic carbocycles. The molecule has 0 spiro atoms. The molecule has 0 radical (unpaired) electrons. The highest BCUT2D eigenvalue weighted by Gasteiger charge is 2.22. The Hall–Kier alpha value is -1.81. The van der Waals surface area contributed by atoms with Crippen LogP contribution in [0.2, 0.25) is 0 Å². The van der Waals surface area contributed by atoms with Gasteiger partial charge in [0.2, 0.25) is 0 Å². The molecule has 4 heteroatoms. The predicted molar refractivity (Wildman–Crippen MR) is 72.1 cm³/mol. The van der Waals surface area contributed by atoms with E-state index in [4.69, 9.17) is 0 Å². The molecule has 0 aliphatic heterocycles. The van der Waals surface area contributed by atoms with Gasteiger partial charge in [0.1, 0.15) is 5.82 Å². The van der Waals surface area contributed by atoms with Gasteiger partial charge in [0.15, 0.2) is 0 Å². The monoisotopic (exact) mass is 242 g/mol. The lowest BCUT2D eigenvalue weighted by molar-refractivity contribution is 0.416. The van der Waals surface area contributed by atoms with E-state index in [-0.39, 0.29) is 5.54 Å². The Kier molecular flexibility index (Phi) is 3.39. The van der Waals surface area contributed by atoms with Crippen molar-refractivity contribution >= 4 is 0 Å². The van der Waals surface area contributed by atoms with E-state index in [9.17, 15) is 0 Å². The number of rotatable bonds is 3. The van der Waals surface area contributed by atoms with Crippen molar-refractivity contribution in [2.75, 3.05) is 7.05 Å². The van der Waals surface area contributed by atoms with E-state index >= 15 is 0 Å². The maximum Gasteiger partial charge on any atom is 0.148 e. The van der Waals surface area contributed by atoms with Crippen LogP contribution in [0.15, 0.2) is 30.5 Å². The number of aryl methyl sites for hydroxylation is 1. The van der Waals surface area contributed by atoms with Crippen LogP contribution in [-0.2, 0) is 5.54 Å². The lowest BCUT2D eigenvalue weighted by atomic mass is 10.0. The maximum atomic E-state index is 4.61. The van der Waals surface area contributed by atoms with Gasteiger partial charge in [-0.2, -0.15) is 0 Å². The smallest absolute Gasteiger partial charge is 0.148 e. The molecule has 94 valence electrons. The SMILES string of the molecule is CNC(C)(C)c1nc(C)cc(-c2ccccn2)n1. The number of pyridine rings is 1. The standard InChI is InChI=1S/C14H18N4/c1-10-9-12(11-7-5-6-8-16-11)18-13(17-10)14(2,3)15-4/h5-9,15H,1-4H3. The average Bonchev–Trinajstić information content (AvgIpc) is 2.39. The third kappa shape index (κ3) is 2.54. The second-order valence-corrected chi connectivity index (χ2v) is 4.81. The lowest BCUT2D eigenvalue weighted by Gasteiger charge is -2.22. The first kappa shape index (κ1) is 12.6. The summed E-state index contributed by atoms with van der Waals surface area (Å²) in [5, 5.41) is 3.22. The number of hydrogen-bond donors (Lipinski definition) is 1. The second kappa shape index (κ2) is 4.82. The van der Waals surface area contributed by atoms with E-state index in [1.54, 1.807) is 6.20 Å². The average molecular weight is 242 g/mol. The first-order valence-electron chi connectivity index (χ1n) is 5.99. The van der Waals surface area contributed by atoms with Crippen molar-refractivity contribution in [3.8, 4) is 11.4 Å². The van der Waals surface area contributed by atoms with Gasteiger partial charge >= 0.3 is 0 Å². The van der Waals surface area contributed by atoms with Crippen molar-refractivity contribution in [2.45, 2.75) is 26.3 Å². The summed E-state index contributed by atoms with van der Waals surface area (Å²) in [5.74, 6) is 0.783. The van der Waals surface area contributed by atoms with E-state index in [0.717, 1.165) is 22.9 Å². The molecule has 1 N–H and O–H groups in total. The third-order valence-electron chi connectivity index (χ3n) is 2.97. The molecule has 0 saturated carbocycles. The van der Waals surface area contributed by atoms with Crippen molar-refractivity contribution in [1.29, 1.82) is 0 Å². The largest absolute Gasteiger partial charge is 0.308 e. The summed E-state index contributed by atoms with van der Waals surface area (Å²) in [6.07, 6.45) is 1.77. The minimum Gasteiger partial charge on any atom is -0.308 e. The van der Waals surface area contributed by atoms with Crippen LogP contribution in [0, 0.1) is 6.92 Å². The summed E-state index contributed by atoms with van der Waals surface area (Å²) in [5.41, 5.74) is 2.43. The molecule has 0 bridgehead atoms. The van der Waals surface area contributed by atoms with Crippen LogP contribution in [0.3, 0.4) is 0 Å². The van der Waals surface area contributed by atoms with Crippen molar-refractivity contribution in [3.63, 3.8) is 0 Å². The number of aromatic nitrogens is 3. The zero-order valence-corrected chi connectivity index (χ0v) is 11.2. The van der Waals surface area contributed by atoms with Gasteiger partial charge in [0.25, 0.3) is 0 Å². The van der Waals surface area contributed by atoms with Crippen LogP contribution in [0.1, 0.15) is 25.4 Å². The molecular weight excluding hydrogens is 224 g/mol. The van der Waals surface area contributed by atoms with Gasteiger partial charge in [-0.05, 0) is 46.0 Å². The summed E-state index contributed by atoms with van der Waals surface area (Å²) < 4.78 is 0. The number of hydrogen-bond acceptors (Lipinski definition) is 4. The molecule has 0 unspecified atom stereocenters. The van der Waals surface area contributed by atoms with Gasteiger partial charge in [-0.25, -0.2) is 9.97 Å². The molecule has 18 heavy (non-hydrogen) atoms. The van der Waals surface area contributed by atoms with Crippen LogP contribution in [0.25, 0.3) is 11.4 Å². The van der Waals surface area contributed by atoms with Gasteiger partial charge in [0.05, 0.1) is 16.9 Å². The molecule has 2 heterocycles. The fourth-order valence-electron chi connectivity index (χ4n) is 1.61. The van der Waals surface area contributed by atoms with Gasteiger partial charge in [-0.1, -0.05) is 6.07 Å². The van der Waals surface area contributed by atoms with E-state index in [2.05, 4.69) is 34.1 Å². The maximum absolute atomic E-state index is 4.61. The Morgan fingerprint density at radius 1 is 1.11 bits per heavy atom. The van der Waals surface area contributed by atoms with Crippen LogP contribution in [0.4, 0.5) is 0 Å². The van der Waals surface area contributed by atoms with Crippen molar-refractivity contribution in [2.24, 2.45) is 0 Å². The lowest BCUT2D eigenvalue weighted by Crippen LogP contribution is -2.35. The van der Waals surface area contributed by atoms with Crippen molar-refractivity contribution < 1.29 is 0 Å². The van der Waals surface area contributed by atoms with E-state index in [1.807, 2.05) is 38.2 Å². The topological polar surface area (TPSA) is 50.7 Å². The molecular formula is C14H18N4. The highest BCUT2D eigenvalue weighted by Crippen LogP contribution is 2.20. The molecule has 0 fully saturated rings. The first-order chi connectivity index (χ1) is 8.53. The summed E-state index contributed by atoms with van der Waals surface area (Å²) in [4.78, 5) is 13.4. The molecule has 0 atom stereocenters. The van der Waals surface area contributed by atoms with Crippen LogP contribution < -0.4 is 5.32 Å². The fourth-order valence-corrected chi connectivity index (χ4v) is 1.61. The normalized spacial score (nSPS) is 11.6. The van der Waals surface area contributed by atoms with Crippen molar-refractivity contribution in [3.05, 3.63) is 42.0 Å². The van der Waals surface area contributed by atoms with Gasteiger partial charge in [-0.3, -0.25) is 4.98 Å². The zero-order valence-electron chi connectivity index (χ0n) is 11.2. The fraction of sp³-hybridized carbons (Fsp3) is 0.357. The molecule has 2 rings (SSSR count). The van der Waals surface area contributed by atoms with Crippen molar-refractivity contribution in [1.82, 2.24) is 20.3 Å². The minimum absolute atomic E-state index is 0.254. The molecule has 2 aromatic rings. The molecule has 0 saturated heterocycles. The van der Waals surface area contributed by atoms with E-state index in [0.29, 0.717) is 0 Å². The van der Waals surface area contributed by atoms with E-state index in [1.165, 1.54) is 0 Å². The molecule has 0 amide bonds. The summed E-state index contributed by atoms with van der Waals surface area (Å²) in [6, 6.07) is 7.77. The van der Waals surface area contributed by atoms with Crippen LogP contribution in [-0.4, -0.2) is 22.0 Å². The summed E-state index contributed by atoms with van der Waals surface area (Å²) >= 11 is 0. The second-order valence-electron chi connectivity index (χ2n) is 4.81. The van der Waals surface area contributed by atoms with Gasteiger partial charge < -0.3 is 5.32 Å². The molecule has 0 aliphatic carbocycles. The predicted octanol–water partition coefficient (Wildman–Crippen LogP) is 2.30. The Balaban J connectivity index is 2.52.